The third-order valence-electron chi connectivity index (χ3n) is 4.11. The highest BCUT2D eigenvalue weighted by atomic mass is 127. The van der Waals surface area contributed by atoms with Crippen LogP contribution < -0.4 is 10.5 Å². The van der Waals surface area contributed by atoms with Crippen LogP contribution in [-0.2, 0) is 13.2 Å². The van der Waals surface area contributed by atoms with Gasteiger partial charge in [0.05, 0.1) is 12.2 Å². The molecule has 0 aliphatic carbocycles. The fraction of sp³-hybridized carbons (Fsp3) is 0.368. The van der Waals surface area contributed by atoms with Crippen molar-refractivity contribution in [3.8, 4) is 5.75 Å². The van der Waals surface area contributed by atoms with Crippen molar-refractivity contribution in [2.45, 2.75) is 32.4 Å². The first kappa shape index (κ1) is 19.5. The van der Waals surface area contributed by atoms with E-state index < -0.39 is 0 Å². The molecule has 1 aromatic heterocycles. The zero-order valence-electron chi connectivity index (χ0n) is 14.3. The molecule has 0 bridgehead atoms. The van der Waals surface area contributed by atoms with Gasteiger partial charge in [0, 0.05) is 19.3 Å². The molecule has 0 spiro atoms. The molecule has 1 aliphatic rings. The van der Waals surface area contributed by atoms with Gasteiger partial charge in [-0.1, -0.05) is 18.2 Å². The van der Waals surface area contributed by atoms with Gasteiger partial charge in [0.25, 0.3) is 0 Å². The average molecular weight is 452 g/mol. The molecule has 1 saturated heterocycles. The Morgan fingerprint density at radius 2 is 1.96 bits per heavy atom. The van der Waals surface area contributed by atoms with Gasteiger partial charge in [0.2, 0.25) is 0 Å². The maximum atomic E-state index is 6.11. The van der Waals surface area contributed by atoms with Crippen molar-refractivity contribution >= 4 is 29.9 Å². The van der Waals surface area contributed by atoms with Crippen LogP contribution in [0.5, 0.6) is 5.75 Å². The van der Waals surface area contributed by atoms with Crippen LogP contribution in [0, 0.1) is 0 Å². The number of halogens is 1. The molecule has 1 fully saturated rings. The molecule has 6 heteroatoms. The topological polar surface area (TPSA) is 63.7 Å². The molecular formula is C19H25IN4O. The van der Waals surface area contributed by atoms with Gasteiger partial charge in [-0.2, -0.15) is 0 Å². The standard InChI is InChI=1S/C19H24N4O.HI/c20-19(23-11-4-1-5-12-23)22-14-16-7-6-9-18(13-16)24-15-17-8-2-3-10-21-17;/h2-3,6-10,13H,1,4-5,11-12,14-15H2,(H2,20,22);1H. The van der Waals surface area contributed by atoms with Crippen LogP contribution in [0.2, 0.25) is 0 Å². The maximum Gasteiger partial charge on any atom is 0.191 e. The Kier molecular flexibility index (Phi) is 7.97. The summed E-state index contributed by atoms with van der Waals surface area (Å²) < 4.78 is 5.80. The third-order valence-corrected chi connectivity index (χ3v) is 4.11. The number of hydrogen-bond acceptors (Lipinski definition) is 3. The average Bonchev–Trinajstić information content (AvgIpc) is 2.66. The van der Waals surface area contributed by atoms with Gasteiger partial charge in [0.15, 0.2) is 5.96 Å². The molecule has 134 valence electrons. The molecule has 0 amide bonds. The lowest BCUT2D eigenvalue weighted by Gasteiger charge is -2.27. The van der Waals surface area contributed by atoms with Crippen LogP contribution in [0.25, 0.3) is 0 Å². The number of nitrogens with zero attached hydrogens (tertiary/aromatic N) is 3. The quantitative estimate of drug-likeness (QED) is 0.428. The van der Waals surface area contributed by atoms with Crippen molar-refractivity contribution in [2.75, 3.05) is 13.1 Å². The summed E-state index contributed by atoms with van der Waals surface area (Å²) in [6.07, 6.45) is 5.47. The summed E-state index contributed by atoms with van der Waals surface area (Å²) in [7, 11) is 0. The summed E-state index contributed by atoms with van der Waals surface area (Å²) in [5, 5.41) is 0. The summed E-state index contributed by atoms with van der Waals surface area (Å²) in [6.45, 7) is 3.07. The Bertz CT molecular complexity index is 672. The van der Waals surface area contributed by atoms with E-state index in [1.54, 1.807) is 6.20 Å². The van der Waals surface area contributed by atoms with E-state index in [0.29, 0.717) is 19.1 Å². The van der Waals surface area contributed by atoms with Crippen LogP contribution in [0.4, 0.5) is 0 Å². The van der Waals surface area contributed by atoms with Crippen molar-refractivity contribution in [3.05, 3.63) is 59.9 Å². The Balaban J connectivity index is 0.00000225. The first-order valence-corrected chi connectivity index (χ1v) is 8.48. The number of benzene rings is 1. The summed E-state index contributed by atoms with van der Waals surface area (Å²) in [5.74, 6) is 1.47. The van der Waals surface area contributed by atoms with Gasteiger partial charge in [-0.3, -0.25) is 4.98 Å². The van der Waals surface area contributed by atoms with Crippen LogP contribution >= 0.6 is 24.0 Å². The lowest BCUT2D eigenvalue weighted by atomic mass is 10.1. The first-order chi connectivity index (χ1) is 11.8. The largest absolute Gasteiger partial charge is 0.487 e. The normalized spacial score (nSPS) is 14.7. The van der Waals surface area contributed by atoms with E-state index in [0.717, 1.165) is 30.1 Å². The molecule has 0 saturated carbocycles. The second-order valence-corrected chi connectivity index (χ2v) is 5.98. The van der Waals surface area contributed by atoms with Crippen molar-refractivity contribution < 1.29 is 4.74 Å². The molecule has 1 aliphatic heterocycles. The summed E-state index contributed by atoms with van der Waals surface area (Å²) in [4.78, 5) is 11.0. The minimum atomic E-state index is 0. The Labute approximate surface area is 166 Å². The summed E-state index contributed by atoms with van der Waals surface area (Å²) in [6, 6.07) is 13.8. The van der Waals surface area contributed by atoms with E-state index in [9.17, 15) is 0 Å². The number of aliphatic imine (C=N–C) groups is 1. The lowest BCUT2D eigenvalue weighted by Crippen LogP contribution is -2.40. The molecule has 1 aromatic carbocycles. The number of piperidine rings is 1. The van der Waals surface area contributed by atoms with E-state index in [1.165, 1.54) is 19.3 Å². The highest BCUT2D eigenvalue weighted by molar-refractivity contribution is 14.0. The monoisotopic (exact) mass is 452 g/mol. The number of pyridine rings is 1. The lowest BCUT2D eigenvalue weighted by molar-refractivity contribution is 0.301. The molecule has 25 heavy (non-hydrogen) atoms. The highest BCUT2D eigenvalue weighted by Gasteiger charge is 2.11. The van der Waals surface area contributed by atoms with Crippen LogP contribution in [0.1, 0.15) is 30.5 Å². The van der Waals surface area contributed by atoms with E-state index in [1.807, 2.05) is 42.5 Å². The van der Waals surface area contributed by atoms with Crippen molar-refractivity contribution in [1.29, 1.82) is 0 Å². The highest BCUT2D eigenvalue weighted by Crippen LogP contribution is 2.16. The number of aromatic nitrogens is 1. The van der Waals surface area contributed by atoms with Gasteiger partial charge in [-0.25, -0.2) is 4.99 Å². The number of ether oxygens (including phenoxy) is 1. The molecule has 3 rings (SSSR count). The molecule has 2 heterocycles. The minimum absolute atomic E-state index is 0. The first-order valence-electron chi connectivity index (χ1n) is 8.48. The van der Waals surface area contributed by atoms with Crippen molar-refractivity contribution in [3.63, 3.8) is 0 Å². The zero-order chi connectivity index (χ0) is 16.6. The molecule has 5 nitrogen and oxygen atoms in total. The van der Waals surface area contributed by atoms with Gasteiger partial charge >= 0.3 is 0 Å². The maximum absolute atomic E-state index is 6.11. The fourth-order valence-corrected chi connectivity index (χ4v) is 2.77. The molecule has 2 N–H and O–H groups in total. The summed E-state index contributed by atoms with van der Waals surface area (Å²) >= 11 is 0. The number of guanidine groups is 1. The van der Waals surface area contributed by atoms with Crippen LogP contribution in [0.3, 0.4) is 0 Å². The number of nitrogens with two attached hydrogens (primary N) is 1. The van der Waals surface area contributed by atoms with E-state index in [2.05, 4.69) is 14.9 Å². The van der Waals surface area contributed by atoms with E-state index in [4.69, 9.17) is 10.5 Å². The molecule has 0 atom stereocenters. The fourth-order valence-electron chi connectivity index (χ4n) is 2.77. The van der Waals surface area contributed by atoms with Gasteiger partial charge in [0.1, 0.15) is 12.4 Å². The minimum Gasteiger partial charge on any atom is -0.487 e. The smallest absolute Gasteiger partial charge is 0.191 e. The number of hydrogen-bond donors (Lipinski definition) is 1. The number of likely N-dealkylation sites (tertiary alicyclic amines) is 1. The van der Waals surface area contributed by atoms with Crippen LogP contribution in [-0.4, -0.2) is 28.9 Å². The number of rotatable bonds is 5. The zero-order valence-corrected chi connectivity index (χ0v) is 16.6. The second kappa shape index (κ2) is 10.2. The Morgan fingerprint density at radius 1 is 1.12 bits per heavy atom. The Hall–Kier alpha value is -1.83. The van der Waals surface area contributed by atoms with Crippen molar-refractivity contribution in [2.24, 2.45) is 10.7 Å². The van der Waals surface area contributed by atoms with E-state index in [-0.39, 0.29) is 24.0 Å². The van der Waals surface area contributed by atoms with Crippen molar-refractivity contribution in [1.82, 2.24) is 9.88 Å². The molecule has 0 unspecified atom stereocenters. The molecule has 0 radical (unpaired) electrons. The Morgan fingerprint density at radius 3 is 2.72 bits per heavy atom. The SMILES string of the molecule is I.NC(=NCc1cccc(OCc2ccccn2)c1)N1CCCCC1. The van der Waals surface area contributed by atoms with Gasteiger partial charge < -0.3 is 15.4 Å². The third kappa shape index (κ3) is 6.19. The summed E-state index contributed by atoms with van der Waals surface area (Å²) in [5.41, 5.74) is 8.11. The second-order valence-electron chi connectivity index (χ2n) is 5.98. The van der Waals surface area contributed by atoms with E-state index >= 15 is 0 Å². The predicted molar refractivity (Wildman–Crippen MR) is 111 cm³/mol. The van der Waals surface area contributed by atoms with Crippen LogP contribution in [0.15, 0.2) is 53.7 Å². The molecule has 2 aromatic rings. The molecular weight excluding hydrogens is 427 g/mol. The predicted octanol–water partition coefficient (Wildman–Crippen LogP) is 3.58. The van der Waals surface area contributed by atoms with Gasteiger partial charge in [-0.05, 0) is 49.1 Å². The van der Waals surface area contributed by atoms with Gasteiger partial charge in [-0.15, -0.1) is 24.0 Å².